The lowest BCUT2D eigenvalue weighted by Gasteiger charge is -2.35. The van der Waals surface area contributed by atoms with Gasteiger partial charge in [-0.1, -0.05) is 24.3 Å². The highest BCUT2D eigenvalue weighted by Gasteiger charge is 2.44. The van der Waals surface area contributed by atoms with Crippen molar-refractivity contribution in [3.63, 3.8) is 0 Å². The Bertz CT molecular complexity index is 873. The molecule has 1 aliphatic heterocycles. The maximum Gasteiger partial charge on any atom is 0.227 e. The molecular formula is C23H26FNO4. The van der Waals surface area contributed by atoms with Gasteiger partial charge in [-0.15, -0.1) is 0 Å². The van der Waals surface area contributed by atoms with Crippen LogP contribution >= 0.6 is 0 Å². The Hall–Kier alpha value is -2.60. The van der Waals surface area contributed by atoms with E-state index in [-0.39, 0.29) is 36.1 Å². The van der Waals surface area contributed by atoms with Crippen molar-refractivity contribution in [2.75, 3.05) is 20.2 Å². The first-order valence-electron chi connectivity index (χ1n) is 10.0. The number of rotatable bonds is 5. The first-order chi connectivity index (χ1) is 14.0. The molecule has 2 aliphatic rings. The van der Waals surface area contributed by atoms with Gasteiger partial charge in [-0.2, -0.15) is 0 Å². The van der Waals surface area contributed by atoms with E-state index in [4.69, 9.17) is 9.47 Å². The molecule has 29 heavy (non-hydrogen) atoms. The number of carbonyl (C=O) groups is 1. The van der Waals surface area contributed by atoms with Crippen LogP contribution in [0.25, 0.3) is 0 Å². The molecule has 1 aliphatic carbocycles. The number of fused-ring (bicyclic) bond motifs is 1. The number of benzene rings is 2. The molecule has 0 unspecified atom stereocenters. The standard InChI is InChI=1S/C23H26FNO4/c1-28-20-7-2-3-8-21(20)29-22-12-17-14-25(13-16(17)11-19(22)26)23(27)10-15-5-4-6-18(24)9-15/h2-9,16-17,19,22,26H,10-14H2,1H3/t16-,17+,19+,22+/m0/s1. The van der Waals surface area contributed by atoms with Gasteiger partial charge in [0.1, 0.15) is 11.9 Å². The minimum absolute atomic E-state index is 0.00156. The van der Waals surface area contributed by atoms with E-state index in [2.05, 4.69) is 0 Å². The molecule has 1 amide bonds. The Balaban J connectivity index is 1.39. The first kappa shape index (κ1) is 19.7. The fourth-order valence-electron chi connectivity index (χ4n) is 4.53. The van der Waals surface area contributed by atoms with Crippen LogP contribution in [0.15, 0.2) is 48.5 Å². The summed E-state index contributed by atoms with van der Waals surface area (Å²) in [5.74, 6) is 1.48. The smallest absolute Gasteiger partial charge is 0.227 e. The molecule has 1 N–H and O–H groups in total. The van der Waals surface area contributed by atoms with E-state index >= 15 is 0 Å². The van der Waals surface area contributed by atoms with Gasteiger partial charge in [0.25, 0.3) is 0 Å². The molecule has 1 heterocycles. The van der Waals surface area contributed by atoms with Gasteiger partial charge in [0.05, 0.1) is 19.6 Å². The second kappa shape index (κ2) is 8.41. The van der Waals surface area contributed by atoms with Crippen molar-refractivity contribution < 1.29 is 23.8 Å². The number of aliphatic hydroxyl groups is 1. The van der Waals surface area contributed by atoms with Crippen LogP contribution in [0, 0.1) is 17.7 Å². The average Bonchev–Trinajstić information content (AvgIpc) is 3.11. The third-order valence-electron chi connectivity index (χ3n) is 6.03. The number of nitrogens with zero attached hydrogens (tertiary/aromatic N) is 1. The van der Waals surface area contributed by atoms with Crippen LogP contribution in [-0.4, -0.2) is 48.3 Å². The van der Waals surface area contributed by atoms with Gasteiger partial charge >= 0.3 is 0 Å². The summed E-state index contributed by atoms with van der Waals surface area (Å²) in [4.78, 5) is 14.5. The van der Waals surface area contributed by atoms with Crippen LogP contribution in [0.1, 0.15) is 18.4 Å². The predicted molar refractivity (Wildman–Crippen MR) is 106 cm³/mol. The lowest BCUT2D eigenvalue weighted by atomic mass is 9.78. The maximum atomic E-state index is 13.4. The number of para-hydroxylation sites is 2. The zero-order valence-corrected chi connectivity index (χ0v) is 16.5. The highest BCUT2D eigenvalue weighted by atomic mass is 19.1. The number of carbonyl (C=O) groups excluding carboxylic acids is 1. The summed E-state index contributed by atoms with van der Waals surface area (Å²) < 4.78 is 24.8. The topological polar surface area (TPSA) is 59.0 Å². The largest absolute Gasteiger partial charge is 0.493 e. The maximum absolute atomic E-state index is 13.4. The van der Waals surface area contributed by atoms with Crippen molar-refractivity contribution in [2.24, 2.45) is 11.8 Å². The zero-order valence-electron chi connectivity index (χ0n) is 16.5. The molecule has 0 spiro atoms. The summed E-state index contributed by atoms with van der Waals surface area (Å²) >= 11 is 0. The third kappa shape index (κ3) is 4.37. The molecule has 154 valence electrons. The predicted octanol–water partition coefficient (Wildman–Crippen LogP) is 3.05. The Morgan fingerprint density at radius 2 is 1.83 bits per heavy atom. The number of halogens is 1. The van der Waals surface area contributed by atoms with Crippen LogP contribution in [0.5, 0.6) is 11.5 Å². The number of methoxy groups -OCH3 is 1. The molecule has 6 heteroatoms. The number of ether oxygens (including phenoxy) is 2. The molecule has 4 rings (SSSR count). The highest BCUT2D eigenvalue weighted by molar-refractivity contribution is 5.79. The van der Waals surface area contributed by atoms with E-state index in [1.54, 1.807) is 19.2 Å². The van der Waals surface area contributed by atoms with E-state index in [1.165, 1.54) is 12.1 Å². The van der Waals surface area contributed by atoms with Crippen LogP contribution < -0.4 is 9.47 Å². The van der Waals surface area contributed by atoms with Gasteiger partial charge in [-0.25, -0.2) is 4.39 Å². The normalized spacial score (nSPS) is 26.1. The lowest BCUT2D eigenvalue weighted by Crippen LogP contribution is -2.42. The average molecular weight is 399 g/mol. The van der Waals surface area contributed by atoms with Crippen LogP contribution in [0.3, 0.4) is 0 Å². The molecule has 1 saturated heterocycles. The van der Waals surface area contributed by atoms with Crippen molar-refractivity contribution in [1.29, 1.82) is 0 Å². The Morgan fingerprint density at radius 1 is 1.10 bits per heavy atom. The fourth-order valence-corrected chi connectivity index (χ4v) is 4.53. The fraction of sp³-hybridized carbons (Fsp3) is 0.435. The van der Waals surface area contributed by atoms with Crippen LogP contribution in [0.4, 0.5) is 4.39 Å². The van der Waals surface area contributed by atoms with Crippen molar-refractivity contribution in [1.82, 2.24) is 4.90 Å². The van der Waals surface area contributed by atoms with Gasteiger partial charge in [0.15, 0.2) is 11.5 Å². The van der Waals surface area contributed by atoms with Gasteiger partial charge < -0.3 is 19.5 Å². The summed E-state index contributed by atoms with van der Waals surface area (Å²) in [5.41, 5.74) is 0.683. The monoisotopic (exact) mass is 399 g/mol. The highest BCUT2D eigenvalue weighted by Crippen LogP contribution is 2.39. The molecule has 0 aromatic heterocycles. The van der Waals surface area contributed by atoms with E-state index in [0.717, 1.165) is 0 Å². The van der Waals surface area contributed by atoms with E-state index in [0.29, 0.717) is 43.0 Å². The van der Waals surface area contributed by atoms with Crippen molar-refractivity contribution in [3.05, 3.63) is 59.9 Å². The lowest BCUT2D eigenvalue weighted by molar-refractivity contribution is -0.129. The second-order valence-electron chi connectivity index (χ2n) is 7.97. The quantitative estimate of drug-likeness (QED) is 0.840. The Morgan fingerprint density at radius 3 is 2.55 bits per heavy atom. The van der Waals surface area contributed by atoms with Gasteiger partial charge in [0, 0.05) is 13.1 Å². The Kier molecular flexibility index (Phi) is 5.72. The molecule has 2 fully saturated rings. The molecule has 2 aromatic carbocycles. The summed E-state index contributed by atoms with van der Waals surface area (Å²) in [7, 11) is 1.59. The van der Waals surface area contributed by atoms with Gasteiger partial charge in [-0.3, -0.25) is 4.79 Å². The molecule has 0 radical (unpaired) electrons. The van der Waals surface area contributed by atoms with Crippen molar-refractivity contribution >= 4 is 5.91 Å². The number of amides is 1. The van der Waals surface area contributed by atoms with E-state index in [9.17, 15) is 14.3 Å². The van der Waals surface area contributed by atoms with Gasteiger partial charge in [0.2, 0.25) is 5.91 Å². The number of hydrogen-bond donors (Lipinski definition) is 1. The minimum Gasteiger partial charge on any atom is -0.493 e. The molecule has 0 bridgehead atoms. The summed E-state index contributed by atoms with van der Waals surface area (Å²) in [6.45, 7) is 1.29. The summed E-state index contributed by atoms with van der Waals surface area (Å²) in [6.07, 6.45) is 0.577. The van der Waals surface area contributed by atoms with Crippen molar-refractivity contribution in [2.45, 2.75) is 31.5 Å². The summed E-state index contributed by atoms with van der Waals surface area (Å²) in [5, 5.41) is 10.6. The SMILES string of the molecule is COc1ccccc1O[C@@H]1C[C@@H]2CN(C(=O)Cc3cccc(F)c3)C[C@@H]2C[C@H]1O. The van der Waals surface area contributed by atoms with E-state index in [1.807, 2.05) is 29.2 Å². The van der Waals surface area contributed by atoms with Crippen molar-refractivity contribution in [3.8, 4) is 11.5 Å². The zero-order chi connectivity index (χ0) is 20.4. The number of aliphatic hydroxyl groups excluding tert-OH is 1. The molecule has 5 nitrogen and oxygen atoms in total. The first-order valence-corrected chi connectivity index (χ1v) is 10.0. The van der Waals surface area contributed by atoms with E-state index < -0.39 is 6.10 Å². The number of hydrogen-bond acceptors (Lipinski definition) is 4. The molecule has 4 atom stereocenters. The molecule has 2 aromatic rings. The third-order valence-corrected chi connectivity index (χ3v) is 6.03. The Labute approximate surface area is 170 Å². The summed E-state index contributed by atoms with van der Waals surface area (Å²) in [6, 6.07) is 13.6. The molecule has 1 saturated carbocycles. The number of likely N-dealkylation sites (tertiary alicyclic amines) is 1. The minimum atomic E-state index is -0.584. The second-order valence-corrected chi connectivity index (χ2v) is 7.97. The van der Waals surface area contributed by atoms with Crippen LogP contribution in [0.2, 0.25) is 0 Å². The van der Waals surface area contributed by atoms with Crippen LogP contribution in [-0.2, 0) is 11.2 Å². The molecular weight excluding hydrogens is 373 g/mol. The van der Waals surface area contributed by atoms with Gasteiger partial charge in [-0.05, 0) is 54.5 Å².